The zero-order valence-electron chi connectivity index (χ0n) is 6.48. The molecule has 0 spiro atoms. The Morgan fingerprint density at radius 1 is 1.54 bits per heavy atom. The van der Waals surface area contributed by atoms with Gasteiger partial charge in [0.05, 0.1) is 6.61 Å². The third-order valence-electron chi connectivity index (χ3n) is 1.80. The van der Waals surface area contributed by atoms with Gasteiger partial charge in [-0.25, -0.2) is 0 Å². The molecule has 0 fully saturated rings. The molecule has 1 rings (SSSR count). The van der Waals surface area contributed by atoms with E-state index in [9.17, 15) is 5.11 Å². The Balaban J connectivity index is 3.02. The van der Waals surface area contributed by atoms with Crippen LogP contribution in [0.5, 0.6) is 0 Å². The van der Waals surface area contributed by atoms with Crippen LogP contribution in [0.3, 0.4) is 0 Å². The summed E-state index contributed by atoms with van der Waals surface area (Å²) >= 11 is 18.4. The Labute approximate surface area is 103 Å². The lowest BCUT2D eigenvalue weighted by molar-refractivity contribution is 0.164. The zero-order valence-corrected chi connectivity index (χ0v) is 11.2. The molecule has 0 aromatic heterocycles. The van der Waals surface area contributed by atoms with Gasteiger partial charge in [-0.15, -0.1) is 23.2 Å². The van der Waals surface area contributed by atoms with Gasteiger partial charge in [-0.2, -0.15) is 0 Å². The molecule has 0 heterocycles. The predicted octanol–water partition coefficient (Wildman–Crippen LogP) is 2.33. The van der Waals surface area contributed by atoms with Gasteiger partial charge in [-0.3, -0.25) is 0 Å². The summed E-state index contributed by atoms with van der Waals surface area (Å²) in [5, 5.41) is 18.6. The van der Waals surface area contributed by atoms with E-state index in [2.05, 4.69) is 31.9 Å². The minimum atomic E-state index is -1.02. The molecule has 0 saturated carbocycles. The second-order valence-electron chi connectivity index (χ2n) is 2.98. The van der Waals surface area contributed by atoms with Crippen LogP contribution in [0.1, 0.15) is 6.42 Å². The number of alkyl halides is 4. The fourth-order valence-electron chi connectivity index (χ4n) is 1.22. The summed E-state index contributed by atoms with van der Waals surface area (Å²) in [5.41, 5.74) is 0.407. The van der Waals surface area contributed by atoms with Gasteiger partial charge in [-0.05, 0) is 11.6 Å². The van der Waals surface area contributed by atoms with Crippen LogP contribution in [0, 0.1) is 0 Å². The molecular weight excluding hydrogens is 347 g/mol. The SMILES string of the molecule is OCC1=CC(Cl)(Br)CC(Cl)(Br)C1O. The summed E-state index contributed by atoms with van der Waals surface area (Å²) in [5.74, 6) is 0. The fourth-order valence-corrected chi connectivity index (χ4v) is 4.16. The highest BCUT2D eigenvalue weighted by atomic mass is 79.9. The van der Waals surface area contributed by atoms with E-state index in [1.807, 2.05) is 0 Å². The molecule has 0 aliphatic heterocycles. The monoisotopic (exact) mass is 352 g/mol. The first kappa shape index (κ1) is 12.3. The second-order valence-corrected chi connectivity index (χ2v) is 8.07. The van der Waals surface area contributed by atoms with Crippen molar-refractivity contribution < 1.29 is 10.2 Å². The zero-order chi connectivity index (χ0) is 10.3. The summed E-state index contributed by atoms with van der Waals surface area (Å²) in [6.07, 6.45) is 0.957. The van der Waals surface area contributed by atoms with Crippen molar-refractivity contribution in [3.8, 4) is 0 Å². The van der Waals surface area contributed by atoms with Gasteiger partial charge in [0, 0.05) is 6.42 Å². The molecule has 1 aliphatic carbocycles. The van der Waals surface area contributed by atoms with Crippen molar-refractivity contribution in [3.63, 3.8) is 0 Å². The van der Waals surface area contributed by atoms with Crippen LogP contribution in [0.2, 0.25) is 0 Å². The van der Waals surface area contributed by atoms with Crippen LogP contribution >= 0.6 is 55.1 Å². The van der Waals surface area contributed by atoms with Crippen molar-refractivity contribution in [1.29, 1.82) is 0 Å². The standard InChI is InChI=1S/C7H8Br2Cl2O2/c8-6(10)1-4(2-12)5(13)7(9,11)3-6/h1,5,12-13H,2-3H2. The first-order valence-electron chi connectivity index (χ1n) is 3.55. The topological polar surface area (TPSA) is 40.5 Å². The molecule has 0 bridgehead atoms. The van der Waals surface area contributed by atoms with Crippen molar-refractivity contribution >= 4 is 55.1 Å². The molecular formula is C7H8Br2Cl2O2. The normalized spacial score (nSPS) is 46.0. The van der Waals surface area contributed by atoms with Gasteiger partial charge < -0.3 is 10.2 Å². The average molecular weight is 355 g/mol. The van der Waals surface area contributed by atoms with E-state index in [0.29, 0.717) is 12.0 Å². The highest BCUT2D eigenvalue weighted by molar-refractivity contribution is 9.11. The number of halogens is 4. The van der Waals surface area contributed by atoms with Crippen LogP contribution in [-0.4, -0.2) is 30.5 Å². The summed E-state index contributed by atoms with van der Waals surface area (Å²) in [4.78, 5) is 0. The van der Waals surface area contributed by atoms with Crippen LogP contribution in [0.25, 0.3) is 0 Å². The van der Waals surface area contributed by atoms with Crippen LogP contribution < -0.4 is 0 Å². The molecule has 3 atom stereocenters. The van der Waals surface area contributed by atoms with E-state index in [0.717, 1.165) is 0 Å². The number of allylic oxidation sites excluding steroid dienone is 1. The molecule has 76 valence electrons. The highest BCUT2D eigenvalue weighted by Crippen LogP contribution is 2.48. The smallest absolute Gasteiger partial charge is 0.132 e. The molecule has 0 aromatic carbocycles. The van der Waals surface area contributed by atoms with Gasteiger partial charge in [0.1, 0.15) is 13.7 Å². The molecule has 2 N–H and O–H groups in total. The first-order chi connectivity index (χ1) is 5.78. The van der Waals surface area contributed by atoms with Crippen molar-refractivity contribution in [2.45, 2.75) is 20.1 Å². The highest BCUT2D eigenvalue weighted by Gasteiger charge is 2.45. The fraction of sp³-hybridized carbons (Fsp3) is 0.714. The van der Waals surface area contributed by atoms with Gasteiger partial charge in [0.25, 0.3) is 0 Å². The van der Waals surface area contributed by atoms with Crippen molar-refractivity contribution in [2.24, 2.45) is 0 Å². The number of rotatable bonds is 1. The molecule has 13 heavy (non-hydrogen) atoms. The molecule has 0 radical (unpaired) electrons. The minimum Gasteiger partial charge on any atom is -0.392 e. The molecule has 6 heteroatoms. The van der Waals surface area contributed by atoms with Gasteiger partial charge >= 0.3 is 0 Å². The Morgan fingerprint density at radius 3 is 2.54 bits per heavy atom. The van der Waals surface area contributed by atoms with Gasteiger partial charge in [0.2, 0.25) is 0 Å². The maximum Gasteiger partial charge on any atom is 0.132 e. The summed E-state index contributed by atoms with van der Waals surface area (Å²) in [7, 11) is 0. The Kier molecular flexibility index (Phi) is 3.76. The summed E-state index contributed by atoms with van der Waals surface area (Å²) < 4.78 is -1.83. The molecule has 0 amide bonds. The Morgan fingerprint density at radius 2 is 2.08 bits per heavy atom. The van der Waals surface area contributed by atoms with E-state index in [4.69, 9.17) is 28.3 Å². The molecule has 0 saturated heterocycles. The summed E-state index contributed by atoms with van der Waals surface area (Å²) in [6, 6.07) is 0. The first-order valence-corrected chi connectivity index (χ1v) is 5.89. The van der Waals surface area contributed by atoms with E-state index in [-0.39, 0.29) is 6.61 Å². The lowest BCUT2D eigenvalue weighted by atomic mass is 9.96. The summed E-state index contributed by atoms with van der Waals surface area (Å²) in [6.45, 7) is -0.263. The third-order valence-corrected chi connectivity index (χ3v) is 3.61. The molecule has 3 unspecified atom stereocenters. The van der Waals surface area contributed by atoms with E-state index in [1.54, 1.807) is 6.08 Å². The number of hydrogen-bond acceptors (Lipinski definition) is 2. The van der Waals surface area contributed by atoms with Crippen molar-refractivity contribution in [3.05, 3.63) is 11.6 Å². The molecule has 1 aliphatic rings. The van der Waals surface area contributed by atoms with E-state index in [1.165, 1.54) is 0 Å². The molecule has 0 aromatic rings. The Bertz CT molecular complexity index is 241. The van der Waals surface area contributed by atoms with Crippen molar-refractivity contribution in [1.82, 2.24) is 0 Å². The average Bonchev–Trinajstić information content (AvgIpc) is 1.95. The lowest BCUT2D eigenvalue weighted by Crippen LogP contribution is -2.42. The number of aliphatic hydroxyl groups is 2. The minimum absolute atomic E-state index is 0.263. The van der Waals surface area contributed by atoms with Crippen LogP contribution in [0.4, 0.5) is 0 Å². The lowest BCUT2D eigenvalue weighted by Gasteiger charge is -2.37. The van der Waals surface area contributed by atoms with Gasteiger partial charge in [0.15, 0.2) is 0 Å². The van der Waals surface area contributed by atoms with E-state index < -0.39 is 13.7 Å². The number of hydrogen-bond donors (Lipinski definition) is 2. The van der Waals surface area contributed by atoms with E-state index >= 15 is 0 Å². The number of aliphatic hydroxyl groups excluding tert-OH is 2. The predicted molar refractivity (Wildman–Crippen MR) is 60.8 cm³/mol. The van der Waals surface area contributed by atoms with Gasteiger partial charge in [-0.1, -0.05) is 31.9 Å². The van der Waals surface area contributed by atoms with Crippen LogP contribution in [-0.2, 0) is 0 Å². The molecule has 2 nitrogen and oxygen atoms in total. The van der Waals surface area contributed by atoms with Crippen LogP contribution in [0.15, 0.2) is 11.6 Å². The third kappa shape index (κ3) is 2.83. The largest absolute Gasteiger partial charge is 0.392 e. The maximum absolute atomic E-state index is 9.64. The quantitative estimate of drug-likeness (QED) is 0.560. The Hall–Kier alpha value is 1.20. The van der Waals surface area contributed by atoms with Crippen molar-refractivity contribution in [2.75, 3.05) is 6.61 Å². The second kappa shape index (κ2) is 3.99. The maximum atomic E-state index is 9.64.